The van der Waals surface area contributed by atoms with Crippen molar-refractivity contribution >= 4 is 5.97 Å². The van der Waals surface area contributed by atoms with E-state index in [1.807, 2.05) is 31.2 Å². The second-order valence-corrected chi connectivity index (χ2v) is 6.49. The van der Waals surface area contributed by atoms with E-state index in [1.54, 1.807) is 7.11 Å². The molecule has 1 saturated carbocycles. The van der Waals surface area contributed by atoms with Gasteiger partial charge >= 0.3 is 5.97 Å². The van der Waals surface area contributed by atoms with Gasteiger partial charge in [0.15, 0.2) is 5.69 Å². The molecule has 0 bridgehead atoms. The maximum Gasteiger partial charge on any atom is 0.356 e. The van der Waals surface area contributed by atoms with E-state index in [0.717, 1.165) is 12.1 Å². The largest absolute Gasteiger partial charge is 0.496 e. The molecule has 5 heteroatoms. The fourth-order valence-corrected chi connectivity index (χ4v) is 3.62. The van der Waals surface area contributed by atoms with Crippen LogP contribution in [0.3, 0.4) is 0 Å². The summed E-state index contributed by atoms with van der Waals surface area (Å²) in [4.78, 5) is 16.0. The number of hydrogen-bond acceptors (Lipinski definition) is 3. The average Bonchev–Trinajstić information content (AvgIpc) is 2.93. The molecule has 0 atom stereocenters. The summed E-state index contributed by atoms with van der Waals surface area (Å²) in [6.07, 6.45) is 6.22. The minimum absolute atomic E-state index is 0.131. The van der Waals surface area contributed by atoms with Gasteiger partial charge in [-0.3, -0.25) is 0 Å². The molecule has 0 unspecified atom stereocenters. The summed E-state index contributed by atoms with van der Waals surface area (Å²) in [6, 6.07) is 7.64. The number of hydrogen-bond donors (Lipinski definition) is 1. The molecule has 0 saturated heterocycles. The van der Waals surface area contributed by atoms with Crippen LogP contribution >= 0.6 is 0 Å². The number of aromatic carboxylic acids is 1. The second kappa shape index (κ2) is 7.07. The topological polar surface area (TPSA) is 64.3 Å². The Hall–Kier alpha value is -2.30. The van der Waals surface area contributed by atoms with Crippen molar-refractivity contribution in [2.24, 2.45) is 5.92 Å². The molecule has 1 aliphatic carbocycles. The first-order valence-electron chi connectivity index (χ1n) is 8.55. The standard InChI is InChI=1S/C19H24N2O3/c1-13-17(19(22)23)20-18(15-10-6-7-11-16(15)24-2)21(13)12-14-8-4-3-5-9-14/h6-7,10-11,14H,3-5,8-9,12H2,1-2H3,(H,22,23). The van der Waals surface area contributed by atoms with E-state index >= 15 is 0 Å². The quantitative estimate of drug-likeness (QED) is 0.895. The highest BCUT2D eigenvalue weighted by Gasteiger charge is 2.24. The van der Waals surface area contributed by atoms with Gasteiger partial charge in [0.1, 0.15) is 11.6 Å². The van der Waals surface area contributed by atoms with Gasteiger partial charge in [0.2, 0.25) is 0 Å². The van der Waals surface area contributed by atoms with Gasteiger partial charge in [0.25, 0.3) is 0 Å². The van der Waals surface area contributed by atoms with Crippen LogP contribution in [0.4, 0.5) is 0 Å². The molecule has 0 spiro atoms. The summed E-state index contributed by atoms with van der Waals surface area (Å²) in [7, 11) is 1.62. The smallest absolute Gasteiger partial charge is 0.356 e. The van der Waals surface area contributed by atoms with Crippen LogP contribution in [-0.2, 0) is 6.54 Å². The number of aromatic nitrogens is 2. The number of carboxylic acid groups (broad SMARTS) is 1. The molecule has 1 aromatic carbocycles. The fraction of sp³-hybridized carbons (Fsp3) is 0.474. The van der Waals surface area contributed by atoms with Crippen molar-refractivity contribution in [3.05, 3.63) is 35.7 Å². The number of imidazole rings is 1. The lowest BCUT2D eigenvalue weighted by Crippen LogP contribution is -2.16. The van der Waals surface area contributed by atoms with Gasteiger partial charge in [-0.2, -0.15) is 0 Å². The Morgan fingerprint density at radius 3 is 2.67 bits per heavy atom. The third-order valence-corrected chi connectivity index (χ3v) is 4.94. The third kappa shape index (κ3) is 3.16. The minimum Gasteiger partial charge on any atom is -0.496 e. The maximum atomic E-state index is 11.6. The number of methoxy groups -OCH3 is 1. The second-order valence-electron chi connectivity index (χ2n) is 6.49. The van der Waals surface area contributed by atoms with Crippen LogP contribution in [-0.4, -0.2) is 27.7 Å². The van der Waals surface area contributed by atoms with E-state index in [4.69, 9.17) is 4.74 Å². The van der Waals surface area contributed by atoms with E-state index in [9.17, 15) is 9.90 Å². The predicted molar refractivity (Wildman–Crippen MR) is 92.5 cm³/mol. The van der Waals surface area contributed by atoms with Crippen LogP contribution in [0.25, 0.3) is 11.4 Å². The number of benzene rings is 1. The van der Waals surface area contributed by atoms with Gasteiger partial charge in [0, 0.05) is 12.2 Å². The zero-order valence-electron chi connectivity index (χ0n) is 14.3. The van der Waals surface area contributed by atoms with Crippen LogP contribution in [0.5, 0.6) is 5.75 Å². The van der Waals surface area contributed by atoms with E-state index in [1.165, 1.54) is 32.1 Å². The monoisotopic (exact) mass is 328 g/mol. The van der Waals surface area contributed by atoms with Gasteiger partial charge < -0.3 is 14.4 Å². The average molecular weight is 328 g/mol. The number of carbonyl (C=O) groups is 1. The van der Waals surface area contributed by atoms with E-state index in [2.05, 4.69) is 9.55 Å². The van der Waals surface area contributed by atoms with Crippen LogP contribution < -0.4 is 4.74 Å². The lowest BCUT2D eigenvalue weighted by Gasteiger charge is -2.23. The third-order valence-electron chi connectivity index (χ3n) is 4.94. The molecule has 5 nitrogen and oxygen atoms in total. The zero-order chi connectivity index (χ0) is 17.1. The van der Waals surface area contributed by atoms with Crippen molar-refractivity contribution in [2.75, 3.05) is 7.11 Å². The molecule has 24 heavy (non-hydrogen) atoms. The Morgan fingerprint density at radius 1 is 1.29 bits per heavy atom. The fourth-order valence-electron chi connectivity index (χ4n) is 3.62. The molecule has 1 heterocycles. The number of rotatable bonds is 5. The van der Waals surface area contributed by atoms with Crippen molar-refractivity contribution in [3.8, 4) is 17.1 Å². The first-order valence-corrected chi connectivity index (χ1v) is 8.55. The highest BCUT2D eigenvalue weighted by Crippen LogP contribution is 2.33. The first kappa shape index (κ1) is 16.6. The van der Waals surface area contributed by atoms with E-state index in [-0.39, 0.29) is 5.69 Å². The van der Waals surface area contributed by atoms with Gasteiger partial charge in [-0.05, 0) is 37.8 Å². The van der Waals surface area contributed by atoms with Crippen LogP contribution in [0.2, 0.25) is 0 Å². The van der Waals surface area contributed by atoms with Crippen molar-refractivity contribution in [3.63, 3.8) is 0 Å². The SMILES string of the molecule is COc1ccccc1-c1nc(C(=O)O)c(C)n1CC1CCCCC1. The van der Waals surface area contributed by atoms with Gasteiger partial charge in [0.05, 0.1) is 12.7 Å². The van der Waals surface area contributed by atoms with Crippen LogP contribution in [0, 0.1) is 12.8 Å². The molecule has 0 radical (unpaired) electrons. The van der Waals surface area contributed by atoms with E-state index in [0.29, 0.717) is 23.2 Å². The van der Waals surface area contributed by atoms with Crippen LogP contribution in [0.1, 0.15) is 48.3 Å². The molecule has 1 N–H and O–H groups in total. The van der Waals surface area contributed by atoms with E-state index < -0.39 is 5.97 Å². The molecule has 1 fully saturated rings. The number of ether oxygens (including phenoxy) is 1. The summed E-state index contributed by atoms with van der Waals surface area (Å²) in [6.45, 7) is 2.66. The lowest BCUT2D eigenvalue weighted by atomic mass is 9.89. The highest BCUT2D eigenvalue weighted by molar-refractivity contribution is 5.88. The molecule has 1 aromatic heterocycles. The van der Waals surface area contributed by atoms with Crippen LogP contribution in [0.15, 0.2) is 24.3 Å². The molecule has 1 aliphatic rings. The molecule has 3 rings (SSSR count). The Kier molecular flexibility index (Phi) is 4.88. The van der Waals surface area contributed by atoms with Crippen molar-refractivity contribution in [2.45, 2.75) is 45.6 Å². The van der Waals surface area contributed by atoms with Crippen molar-refractivity contribution < 1.29 is 14.6 Å². The zero-order valence-corrected chi connectivity index (χ0v) is 14.3. The first-order chi connectivity index (χ1) is 11.6. The summed E-state index contributed by atoms with van der Waals surface area (Å²) in [5.74, 6) is 1.00. The summed E-state index contributed by atoms with van der Waals surface area (Å²) < 4.78 is 7.52. The lowest BCUT2D eigenvalue weighted by molar-refractivity contribution is 0.0690. The molecule has 128 valence electrons. The van der Waals surface area contributed by atoms with Crippen molar-refractivity contribution in [1.29, 1.82) is 0 Å². The Balaban J connectivity index is 2.06. The Bertz CT molecular complexity index is 730. The summed E-state index contributed by atoms with van der Waals surface area (Å²) >= 11 is 0. The maximum absolute atomic E-state index is 11.6. The van der Waals surface area contributed by atoms with Gasteiger partial charge in [-0.1, -0.05) is 31.4 Å². The molecule has 0 aliphatic heterocycles. The minimum atomic E-state index is -0.981. The molecular weight excluding hydrogens is 304 g/mol. The summed E-state index contributed by atoms with van der Waals surface area (Å²) in [5, 5.41) is 9.48. The Labute approximate surface area is 142 Å². The number of carboxylic acids is 1. The van der Waals surface area contributed by atoms with Gasteiger partial charge in [-0.25, -0.2) is 9.78 Å². The number of nitrogens with zero attached hydrogens (tertiary/aromatic N) is 2. The molecule has 0 amide bonds. The Morgan fingerprint density at radius 2 is 2.00 bits per heavy atom. The summed E-state index contributed by atoms with van der Waals surface area (Å²) in [5.41, 5.74) is 1.69. The molecular formula is C19H24N2O3. The van der Waals surface area contributed by atoms with Gasteiger partial charge in [-0.15, -0.1) is 0 Å². The molecule has 2 aromatic rings. The number of para-hydroxylation sites is 1. The predicted octanol–water partition coefficient (Wildman–Crippen LogP) is 4.15. The normalized spacial score (nSPS) is 15.4. The van der Waals surface area contributed by atoms with Crippen molar-refractivity contribution in [1.82, 2.24) is 9.55 Å². The highest BCUT2D eigenvalue weighted by atomic mass is 16.5.